The summed E-state index contributed by atoms with van der Waals surface area (Å²) in [6.45, 7) is 1.79. The average Bonchev–Trinajstić information content (AvgIpc) is 3.22. The number of para-hydroxylation sites is 1. The van der Waals surface area contributed by atoms with Gasteiger partial charge in [0.25, 0.3) is 11.5 Å². The maximum atomic E-state index is 13.8. The van der Waals surface area contributed by atoms with E-state index < -0.39 is 6.04 Å². The second kappa shape index (κ2) is 10.7. The number of carbonyl (C=O) groups is 1. The highest BCUT2D eigenvalue weighted by Crippen LogP contribution is 2.32. The molecule has 0 bridgehead atoms. The summed E-state index contributed by atoms with van der Waals surface area (Å²) in [4.78, 5) is 32.6. The van der Waals surface area contributed by atoms with Gasteiger partial charge < -0.3 is 14.8 Å². The molecule has 1 atom stereocenters. The van der Waals surface area contributed by atoms with Crippen LogP contribution in [0.3, 0.4) is 0 Å². The molecule has 0 saturated carbocycles. The molecule has 38 heavy (non-hydrogen) atoms. The fourth-order valence-corrected chi connectivity index (χ4v) is 5.70. The smallest absolute Gasteiger partial charge is 0.271 e. The van der Waals surface area contributed by atoms with Crippen molar-refractivity contribution >= 4 is 40.6 Å². The van der Waals surface area contributed by atoms with Crippen LogP contribution >= 0.6 is 22.9 Å². The zero-order valence-electron chi connectivity index (χ0n) is 20.9. The number of anilines is 1. The number of halogens is 1. The highest BCUT2D eigenvalue weighted by atomic mass is 35.5. The predicted molar refractivity (Wildman–Crippen MR) is 150 cm³/mol. The Morgan fingerprint density at radius 3 is 2.55 bits per heavy atom. The molecule has 4 aromatic rings. The summed E-state index contributed by atoms with van der Waals surface area (Å²) in [5.74, 6) is 0.837. The monoisotopic (exact) mass is 545 g/mol. The fourth-order valence-electron chi connectivity index (χ4n) is 4.38. The van der Waals surface area contributed by atoms with E-state index in [1.165, 1.54) is 11.3 Å². The van der Waals surface area contributed by atoms with Crippen molar-refractivity contribution in [2.24, 2.45) is 4.99 Å². The third kappa shape index (κ3) is 4.88. The Morgan fingerprint density at radius 2 is 1.84 bits per heavy atom. The Labute approximate surface area is 228 Å². The SMILES string of the molecule is COc1cccc([C@@H]2C(C(=O)Nc3ccccc3)=C(C)N=c3s/c(=C/c4ccc(OC)c(Cl)c4)c(=O)n32)c1. The van der Waals surface area contributed by atoms with Crippen LogP contribution in [-0.2, 0) is 4.79 Å². The van der Waals surface area contributed by atoms with Crippen LogP contribution in [0.25, 0.3) is 6.08 Å². The Hall–Kier alpha value is -4.14. The number of allylic oxidation sites excluding steroid dienone is 1. The van der Waals surface area contributed by atoms with E-state index >= 15 is 0 Å². The number of methoxy groups -OCH3 is 2. The lowest BCUT2D eigenvalue weighted by atomic mass is 9.95. The van der Waals surface area contributed by atoms with Crippen molar-refractivity contribution in [3.63, 3.8) is 0 Å². The van der Waals surface area contributed by atoms with Crippen LogP contribution in [0.15, 0.2) is 93.9 Å². The zero-order chi connectivity index (χ0) is 26.8. The van der Waals surface area contributed by atoms with Crippen molar-refractivity contribution in [3.05, 3.63) is 120 Å². The van der Waals surface area contributed by atoms with Gasteiger partial charge in [-0.05, 0) is 60.5 Å². The van der Waals surface area contributed by atoms with E-state index in [9.17, 15) is 9.59 Å². The Kier molecular flexibility index (Phi) is 7.18. The first-order valence-corrected chi connectivity index (χ1v) is 13.0. The van der Waals surface area contributed by atoms with Crippen LogP contribution in [0.1, 0.15) is 24.1 Å². The van der Waals surface area contributed by atoms with Crippen LogP contribution in [0.5, 0.6) is 11.5 Å². The van der Waals surface area contributed by atoms with Crippen molar-refractivity contribution in [2.75, 3.05) is 19.5 Å². The van der Waals surface area contributed by atoms with Gasteiger partial charge in [-0.2, -0.15) is 0 Å². The Balaban J connectivity index is 1.67. The maximum Gasteiger partial charge on any atom is 0.271 e. The third-order valence-electron chi connectivity index (χ3n) is 6.18. The fraction of sp³-hybridized carbons (Fsp3) is 0.138. The van der Waals surface area contributed by atoms with E-state index in [1.54, 1.807) is 43.9 Å². The van der Waals surface area contributed by atoms with E-state index in [-0.39, 0.29) is 11.5 Å². The van der Waals surface area contributed by atoms with Crippen molar-refractivity contribution in [1.29, 1.82) is 0 Å². The van der Waals surface area contributed by atoms with Crippen molar-refractivity contribution in [3.8, 4) is 11.5 Å². The minimum absolute atomic E-state index is 0.258. The number of amides is 1. The molecule has 5 rings (SSSR count). The van der Waals surface area contributed by atoms with Crippen molar-refractivity contribution < 1.29 is 14.3 Å². The molecule has 0 fully saturated rings. The van der Waals surface area contributed by atoms with Gasteiger partial charge in [-0.3, -0.25) is 14.2 Å². The summed E-state index contributed by atoms with van der Waals surface area (Å²) in [6, 6.07) is 21.2. The number of nitrogens with zero attached hydrogens (tertiary/aromatic N) is 2. The number of ether oxygens (including phenoxy) is 2. The lowest BCUT2D eigenvalue weighted by Crippen LogP contribution is -2.40. The molecule has 3 aromatic carbocycles. The van der Waals surface area contributed by atoms with Gasteiger partial charge in [0.05, 0.1) is 41.1 Å². The summed E-state index contributed by atoms with van der Waals surface area (Å²) >= 11 is 7.56. The first-order valence-electron chi connectivity index (χ1n) is 11.8. The van der Waals surface area contributed by atoms with E-state index in [4.69, 9.17) is 21.1 Å². The number of carbonyl (C=O) groups excluding carboxylic acids is 1. The number of thiazole rings is 1. The number of nitrogens with one attached hydrogen (secondary N) is 1. The van der Waals surface area contributed by atoms with Crippen LogP contribution in [0.4, 0.5) is 5.69 Å². The molecule has 7 nitrogen and oxygen atoms in total. The number of aromatic nitrogens is 1. The summed E-state index contributed by atoms with van der Waals surface area (Å²) < 4.78 is 12.7. The first-order chi connectivity index (χ1) is 18.4. The molecule has 1 aliphatic rings. The van der Waals surface area contributed by atoms with Gasteiger partial charge in [-0.15, -0.1) is 0 Å². The minimum Gasteiger partial charge on any atom is -0.497 e. The Bertz CT molecular complexity index is 1740. The van der Waals surface area contributed by atoms with Gasteiger partial charge >= 0.3 is 0 Å². The summed E-state index contributed by atoms with van der Waals surface area (Å²) in [5, 5.41) is 3.39. The summed E-state index contributed by atoms with van der Waals surface area (Å²) in [7, 11) is 3.13. The number of hydrogen-bond acceptors (Lipinski definition) is 6. The molecule has 2 heterocycles. The summed E-state index contributed by atoms with van der Waals surface area (Å²) in [6.07, 6.45) is 1.76. The standard InChI is InChI=1S/C29H24ClN3O4S/c1-17-25(27(34)32-20-9-5-4-6-10-20)26(19-8-7-11-21(16-19)36-2)33-28(35)24(38-29(33)31-17)15-18-12-13-23(37-3)22(30)14-18/h4-16,26H,1-3H3,(H,32,34)/b24-15+/t26-/m1/s1. The lowest BCUT2D eigenvalue weighted by molar-refractivity contribution is -0.113. The average molecular weight is 546 g/mol. The van der Waals surface area contributed by atoms with Gasteiger partial charge in [-0.1, -0.05) is 59.3 Å². The van der Waals surface area contributed by atoms with Crippen LogP contribution in [0, 0.1) is 0 Å². The van der Waals surface area contributed by atoms with Gasteiger partial charge in [0, 0.05) is 5.69 Å². The highest BCUT2D eigenvalue weighted by molar-refractivity contribution is 7.07. The van der Waals surface area contributed by atoms with Crippen molar-refractivity contribution in [1.82, 2.24) is 4.57 Å². The zero-order valence-corrected chi connectivity index (χ0v) is 22.5. The Morgan fingerprint density at radius 1 is 1.05 bits per heavy atom. The van der Waals surface area contributed by atoms with E-state index in [2.05, 4.69) is 10.3 Å². The van der Waals surface area contributed by atoms with E-state index in [0.717, 1.165) is 11.1 Å². The molecule has 0 radical (unpaired) electrons. The van der Waals surface area contributed by atoms with Crippen LogP contribution in [-0.4, -0.2) is 24.7 Å². The molecule has 0 aliphatic carbocycles. The number of hydrogen-bond donors (Lipinski definition) is 1. The normalized spacial score (nSPS) is 15.1. The highest BCUT2D eigenvalue weighted by Gasteiger charge is 2.32. The molecular weight excluding hydrogens is 522 g/mol. The molecule has 0 unspecified atom stereocenters. The van der Waals surface area contributed by atoms with Crippen LogP contribution in [0.2, 0.25) is 5.02 Å². The topological polar surface area (TPSA) is 81.9 Å². The van der Waals surface area contributed by atoms with E-state index in [0.29, 0.717) is 42.8 Å². The largest absolute Gasteiger partial charge is 0.497 e. The lowest BCUT2D eigenvalue weighted by Gasteiger charge is -2.25. The molecule has 9 heteroatoms. The van der Waals surface area contributed by atoms with Gasteiger partial charge in [0.2, 0.25) is 0 Å². The number of fused-ring (bicyclic) bond motifs is 1. The molecule has 192 valence electrons. The predicted octanol–water partition coefficient (Wildman–Crippen LogP) is 4.54. The van der Waals surface area contributed by atoms with Crippen LogP contribution < -0.4 is 29.7 Å². The summed E-state index contributed by atoms with van der Waals surface area (Å²) in [5.41, 5.74) is 2.79. The molecule has 1 N–H and O–H groups in total. The van der Waals surface area contributed by atoms with Crippen molar-refractivity contribution in [2.45, 2.75) is 13.0 Å². The first kappa shape index (κ1) is 25.5. The second-order valence-corrected chi connectivity index (χ2v) is 9.99. The molecule has 1 aromatic heterocycles. The second-order valence-electron chi connectivity index (χ2n) is 8.57. The van der Waals surface area contributed by atoms with Gasteiger partial charge in [-0.25, -0.2) is 4.99 Å². The van der Waals surface area contributed by atoms with Gasteiger partial charge in [0.1, 0.15) is 11.5 Å². The number of rotatable bonds is 6. The molecule has 0 spiro atoms. The molecular formula is C29H24ClN3O4S. The molecule has 0 saturated heterocycles. The van der Waals surface area contributed by atoms with E-state index in [1.807, 2.05) is 60.7 Å². The number of benzene rings is 3. The third-order valence-corrected chi connectivity index (χ3v) is 7.46. The maximum absolute atomic E-state index is 13.8. The minimum atomic E-state index is -0.702. The quantitative estimate of drug-likeness (QED) is 0.385. The molecule has 1 amide bonds. The van der Waals surface area contributed by atoms with Gasteiger partial charge in [0.15, 0.2) is 4.80 Å². The molecule has 1 aliphatic heterocycles.